The average molecular weight is 399 g/mol. The van der Waals surface area contributed by atoms with Crippen LogP contribution in [0.2, 0.25) is 0 Å². The molecule has 1 aliphatic heterocycles. The van der Waals surface area contributed by atoms with Crippen LogP contribution in [-0.2, 0) is 19.2 Å². The molecule has 0 bridgehead atoms. The van der Waals surface area contributed by atoms with Gasteiger partial charge in [-0.05, 0) is 39.2 Å². The molecule has 0 aliphatic carbocycles. The molecule has 28 heavy (non-hydrogen) atoms. The monoisotopic (exact) mass is 399 g/mol. The molecule has 1 rings (SSSR count). The van der Waals surface area contributed by atoms with E-state index in [2.05, 4.69) is 26.3 Å². The summed E-state index contributed by atoms with van der Waals surface area (Å²) in [7, 11) is 0. The Hall–Kier alpha value is -2.89. The average Bonchev–Trinajstić information content (AvgIpc) is 3.16. The highest BCUT2D eigenvalue weighted by atomic mass is 16.4. The van der Waals surface area contributed by atoms with Crippen molar-refractivity contribution in [2.45, 2.75) is 50.7 Å². The number of guanidine groups is 1. The van der Waals surface area contributed by atoms with Crippen LogP contribution in [0.15, 0.2) is 4.99 Å². The Morgan fingerprint density at radius 2 is 1.96 bits per heavy atom. The van der Waals surface area contributed by atoms with E-state index in [0.717, 1.165) is 13.0 Å². The molecule has 0 aromatic carbocycles. The van der Waals surface area contributed by atoms with E-state index in [1.165, 1.54) is 6.92 Å². The summed E-state index contributed by atoms with van der Waals surface area (Å²) in [6.45, 7) is 2.10. The van der Waals surface area contributed by atoms with E-state index in [1.54, 1.807) is 0 Å². The number of carboxylic acids is 1. The molecule has 1 heterocycles. The van der Waals surface area contributed by atoms with Gasteiger partial charge in [0, 0.05) is 6.54 Å². The summed E-state index contributed by atoms with van der Waals surface area (Å²) in [5.41, 5.74) is 10.4. The van der Waals surface area contributed by atoms with E-state index in [0.29, 0.717) is 12.8 Å². The van der Waals surface area contributed by atoms with Gasteiger partial charge in [-0.3, -0.25) is 19.4 Å². The zero-order valence-electron chi connectivity index (χ0n) is 15.9. The number of nitrogens with one attached hydrogen (secondary N) is 4. The summed E-state index contributed by atoms with van der Waals surface area (Å²) in [4.78, 5) is 50.8. The van der Waals surface area contributed by atoms with Crippen LogP contribution < -0.4 is 32.7 Å². The van der Waals surface area contributed by atoms with Crippen molar-refractivity contribution >= 4 is 29.7 Å². The molecular weight excluding hydrogens is 370 g/mol. The molecule has 158 valence electrons. The number of nitrogens with zero attached hydrogens (tertiary/aromatic N) is 1. The quantitative estimate of drug-likeness (QED) is 0.108. The van der Waals surface area contributed by atoms with E-state index in [4.69, 9.17) is 16.6 Å². The second kappa shape index (κ2) is 11.7. The van der Waals surface area contributed by atoms with Crippen molar-refractivity contribution in [3.05, 3.63) is 0 Å². The van der Waals surface area contributed by atoms with Crippen LogP contribution in [0.25, 0.3) is 0 Å². The third kappa shape index (κ3) is 8.66. The van der Waals surface area contributed by atoms with Gasteiger partial charge < -0.3 is 37.8 Å². The lowest BCUT2D eigenvalue weighted by Crippen LogP contribution is -2.52. The highest BCUT2D eigenvalue weighted by Gasteiger charge is 2.25. The topological polar surface area (TPSA) is 201 Å². The van der Waals surface area contributed by atoms with Crippen molar-refractivity contribution in [1.82, 2.24) is 21.3 Å². The fourth-order valence-electron chi connectivity index (χ4n) is 2.61. The Morgan fingerprint density at radius 1 is 1.25 bits per heavy atom. The number of rotatable bonds is 11. The second-order valence-electron chi connectivity index (χ2n) is 6.50. The zero-order valence-corrected chi connectivity index (χ0v) is 15.9. The van der Waals surface area contributed by atoms with Crippen molar-refractivity contribution in [3.63, 3.8) is 0 Å². The molecule has 3 unspecified atom stereocenters. The number of nitrogens with two attached hydrogens (primary N) is 2. The van der Waals surface area contributed by atoms with Crippen molar-refractivity contribution in [2.24, 2.45) is 16.5 Å². The maximum absolute atomic E-state index is 12.0. The van der Waals surface area contributed by atoms with Crippen molar-refractivity contribution in [2.75, 3.05) is 19.6 Å². The first-order valence-electron chi connectivity index (χ1n) is 9.09. The van der Waals surface area contributed by atoms with Gasteiger partial charge in [-0.15, -0.1) is 0 Å². The second-order valence-corrected chi connectivity index (χ2v) is 6.50. The van der Waals surface area contributed by atoms with Crippen LogP contribution >= 0.6 is 0 Å². The number of hydrogen-bond donors (Lipinski definition) is 7. The van der Waals surface area contributed by atoms with Crippen LogP contribution in [0.4, 0.5) is 0 Å². The molecule has 1 saturated heterocycles. The van der Waals surface area contributed by atoms with Crippen LogP contribution in [0.1, 0.15) is 32.6 Å². The number of aliphatic imine (C=N–C) groups is 1. The molecule has 1 fully saturated rings. The third-order valence-corrected chi connectivity index (χ3v) is 4.13. The fourth-order valence-corrected chi connectivity index (χ4v) is 2.61. The maximum atomic E-state index is 12.0. The maximum Gasteiger partial charge on any atom is 0.326 e. The molecule has 12 nitrogen and oxygen atoms in total. The van der Waals surface area contributed by atoms with Crippen LogP contribution in [0.5, 0.6) is 0 Å². The highest BCUT2D eigenvalue weighted by Crippen LogP contribution is 2.04. The van der Waals surface area contributed by atoms with Gasteiger partial charge in [0.05, 0.1) is 12.6 Å². The summed E-state index contributed by atoms with van der Waals surface area (Å²) in [6, 6.07) is -2.25. The van der Waals surface area contributed by atoms with Crippen LogP contribution in [0, 0.1) is 0 Å². The summed E-state index contributed by atoms with van der Waals surface area (Å²) in [5.74, 6) is -2.76. The number of carboxylic acid groups (broad SMARTS) is 1. The Morgan fingerprint density at radius 3 is 2.54 bits per heavy atom. The van der Waals surface area contributed by atoms with Gasteiger partial charge in [-0.2, -0.15) is 0 Å². The molecule has 9 N–H and O–H groups in total. The third-order valence-electron chi connectivity index (χ3n) is 4.13. The summed E-state index contributed by atoms with van der Waals surface area (Å²) in [6.07, 6.45) is 2.10. The van der Waals surface area contributed by atoms with Crippen LogP contribution in [0.3, 0.4) is 0 Å². The predicted octanol–water partition coefficient (Wildman–Crippen LogP) is -3.02. The molecule has 0 radical (unpaired) electrons. The van der Waals surface area contributed by atoms with Gasteiger partial charge in [-0.25, -0.2) is 4.79 Å². The smallest absolute Gasteiger partial charge is 0.326 e. The van der Waals surface area contributed by atoms with Gasteiger partial charge in [0.1, 0.15) is 12.1 Å². The van der Waals surface area contributed by atoms with Gasteiger partial charge >= 0.3 is 5.97 Å². The molecule has 12 heteroatoms. The largest absolute Gasteiger partial charge is 0.480 e. The first-order valence-corrected chi connectivity index (χ1v) is 9.09. The van der Waals surface area contributed by atoms with Crippen molar-refractivity contribution in [3.8, 4) is 0 Å². The highest BCUT2D eigenvalue weighted by molar-refractivity contribution is 5.92. The van der Waals surface area contributed by atoms with Gasteiger partial charge in [0.25, 0.3) is 0 Å². The number of carbonyl (C=O) groups excluding carboxylic acids is 3. The van der Waals surface area contributed by atoms with Gasteiger partial charge in [0.2, 0.25) is 17.7 Å². The molecule has 0 saturated carbocycles. The Kier molecular flexibility index (Phi) is 9.71. The fraction of sp³-hybridized carbons (Fsp3) is 0.688. The predicted molar refractivity (Wildman–Crippen MR) is 101 cm³/mol. The van der Waals surface area contributed by atoms with Crippen molar-refractivity contribution < 1.29 is 24.3 Å². The lowest BCUT2D eigenvalue weighted by molar-refractivity contribution is -0.142. The Bertz CT molecular complexity index is 600. The number of hydrogen-bond acceptors (Lipinski definition) is 6. The van der Waals surface area contributed by atoms with Gasteiger partial charge in [0.15, 0.2) is 5.96 Å². The van der Waals surface area contributed by atoms with E-state index >= 15 is 0 Å². The SMILES string of the molecule is CC(NC(=O)C1CCCN1)C(=O)NCC(=O)NC(CCCN=C(N)N)C(=O)O. The lowest BCUT2D eigenvalue weighted by Gasteiger charge is -2.18. The molecule has 0 spiro atoms. The molecule has 3 atom stereocenters. The van der Waals surface area contributed by atoms with E-state index in [-0.39, 0.29) is 30.9 Å². The summed E-state index contributed by atoms with van der Waals surface area (Å²) >= 11 is 0. The van der Waals surface area contributed by atoms with Crippen LogP contribution in [-0.4, -0.2) is 72.5 Å². The number of carbonyl (C=O) groups is 4. The number of aliphatic carboxylic acids is 1. The van der Waals surface area contributed by atoms with E-state index in [9.17, 15) is 19.2 Å². The van der Waals surface area contributed by atoms with Gasteiger partial charge in [-0.1, -0.05) is 0 Å². The summed E-state index contributed by atoms with van der Waals surface area (Å²) < 4.78 is 0. The normalized spacial score (nSPS) is 17.8. The standard InChI is InChI=1S/C16H29N7O5/c1-9(22-14(26)10-4-2-6-19-10)13(25)21-8-12(24)23-11(15(27)28)5-3-7-20-16(17)18/h9-11,19H,2-8H2,1H3,(H,21,25)(H,22,26)(H,23,24)(H,27,28)(H4,17,18,20). The van der Waals surface area contributed by atoms with E-state index in [1.807, 2.05) is 0 Å². The molecular formula is C16H29N7O5. The minimum Gasteiger partial charge on any atom is -0.480 e. The number of amides is 3. The minimum atomic E-state index is -1.20. The minimum absolute atomic E-state index is 0.0939. The molecule has 1 aliphatic rings. The van der Waals surface area contributed by atoms with E-state index < -0.39 is 36.4 Å². The lowest BCUT2D eigenvalue weighted by atomic mass is 10.1. The Labute approximate surface area is 162 Å². The molecule has 3 amide bonds. The zero-order chi connectivity index (χ0) is 21.1. The molecule has 0 aromatic rings. The summed E-state index contributed by atoms with van der Waals surface area (Å²) in [5, 5.41) is 19.5. The first kappa shape index (κ1) is 23.1. The molecule has 0 aromatic heterocycles. The first-order chi connectivity index (χ1) is 13.2. The van der Waals surface area contributed by atoms with Crippen molar-refractivity contribution in [1.29, 1.82) is 0 Å². The Balaban J connectivity index is 2.35.